The van der Waals surface area contributed by atoms with E-state index >= 15 is 0 Å². The van der Waals surface area contributed by atoms with E-state index in [1.807, 2.05) is 0 Å². The number of likely N-dealkylation sites (tertiary alicyclic amines) is 1. The fourth-order valence-electron chi connectivity index (χ4n) is 4.98. The van der Waals surface area contributed by atoms with Gasteiger partial charge in [0.15, 0.2) is 11.5 Å². The summed E-state index contributed by atoms with van der Waals surface area (Å²) in [5, 5.41) is 0. The van der Waals surface area contributed by atoms with Crippen molar-refractivity contribution in [2.24, 2.45) is 5.92 Å². The van der Waals surface area contributed by atoms with Gasteiger partial charge < -0.3 is 14.4 Å². The Morgan fingerprint density at radius 3 is 2.50 bits per heavy atom. The molecule has 0 N–H and O–H groups in total. The summed E-state index contributed by atoms with van der Waals surface area (Å²) >= 11 is 0. The first-order valence-corrected chi connectivity index (χ1v) is 9.20. The van der Waals surface area contributed by atoms with Crippen LogP contribution in [0, 0.1) is 5.92 Å². The summed E-state index contributed by atoms with van der Waals surface area (Å²) in [6.07, 6.45) is 3.44. The van der Waals surface area contributed by atoms with Crippen LogP contribution in [0.2, 0.25) is 0 Å². The molecule has 0 saturated carbocycles. The lowest BCUT2D eigenvalue weighted by Crippen LogP contribution is -2.32. The van der Waals surface area contributed by atoms with E-state index in [0.29, 0.717) is 12.0 Å². The predicted octanol–water partition coefficient (Wildman–Crippen LogP) is 4.33. The maximum Gasteiger partial charge on any atom is 0.164 e. The van der Waals surface area contributed by atoms with E-state index in [9.17, 15) is 0 Å². The van der Waals surface area contributed by atoms with Crippen molar-refractivity contribution in [1.82, 2.24) is 4.90 Å². The van der Waals surface area contributed by atoms with Crippen LogP contribution in [0.25, 0.3) is 0 Å². The molecule has 1 aliphatic carbocycles. The van der Waals surface area contributed by atoms with Gasteiger partial charge in [-0.1, -0.05) is 36.4 Å². The van der Waals surface area contributed by atoms with Crippen LogP contribution in [0.4, 0.5) is 0 Å². The van der Waals surface area contributed by atoms with Gasteiger partial charge in [-0.25, -0.2) is 0 Å². The van der Waals surface area contributed by atoms with Gasteiger partial charge in [-0.15, -0.1) is 12.4 Å². The van der Waals surface area contributed by atoms with Crippen molar-refractivity contribution in [3.8, 4) is 11.5 Å². The fourth-order valence-corrected chi connectivity index (χ4v) is 4.98. The summed E-state index contributed by atoms with van der Waals surface area (Å²) in [4.78, 5) is 2.56. The Kier molecular flexibility index (Phi) is 5.79. The van der Waals surface area contributed by atoms with Gasteiger partial charge in [0.25, 0.3) is 0 Å². The topological polar surface area (TPSA) is 21.7 Å². The van der Waals surface area contributed by atoms with Gasteiger partial charge >= 0.3 is 0 Å². The Balaban J connectivity index is 0.00000196. The number of methoxy groups -OCH3 is 2. The zero-order chi connectivity index (χ0) is 17.4. The van der Waals surface area contributed by atoms with Crippen molar-refractivity contribution in [1.29, 1.82) is 0 Å². The van der Waals surface area contributed by atoms with Crippen molar-refractivity contribution in [3.05, 3.63) is 59.2 Å². The third kappa shape index (κ3) is 3.19. The van der Waals surface area contributed by atoms with E-state index in [2.05, 4.69) is 54.4 Å². The van der Waals surface area contributed by atoms with Crippen LogP contribution in [-0.4, -0.2) is 38.8 Å². The van der Waals surface area contributed by atoms with Gasteiger partial charge in [0, 0.05) is 24.1 Å². The molecule has 26 heavy (non-hydrogen) atoms. The average molecular weight is 374 g/mol. The van der Waals surface area contributed by atoms with E-state index in [0.717, 1.165) is 36.8 Å². The molecule has 0 amide bonds. The Morgan fingerprint density at radius 2 is 1.81 bits per heavy atom. The van der Waals surface area contributed by atoms with Gasteiger partial charge in [0.2, 0.25) is 0 Å². The number of hydrogen-bond donors (Lipinski definition) is 0. The van der Waals surface area contributed by atoms with E-state index < -0.39 is 0 Å². The lowest BCUT2D eigenvalue weighted by molar-refractivity contribution is 0.258. The SMILES string of the molecule is COc1ccc2c(c1OC)CCC1[C@@H]2CN(C)[C@@H]1Cc1ccccc1.Cl. The molecule has 1 fully saturated rings. The Hall–Kier alpha value is -1.71. The van der Waals surface area contributed by atoms with Crippen LogP contribution >= 0.6 is 12.4 Å². The fraction of sp³-hybridized carbons (Fsp3) is 0.455. The van der Waals surface area contributed by atoms with Crippen LogP contribution < -0.4 is 9.47 Å². The number of likely N-dealkylation sites (N-methyl/N-ethyl adjacent to an activating group) is 1. The number of halogens is 1. The zero-order valence-electron chi connectivity index (χ0n) is 15.8. The smallest absolute Gasteiger partial charge is 0.164 e. The van der Waals surface area contributed by atoms with Crippen molar-refractivity contribution >= 4 is 12.4 Å². The number of nitrogens with zero attached hydrogens (tertiary/aromatic N) is 1. The molecular formula is C22H28ClNO2. The molecule has 3 atom stereocenters. The molecule has 3 nitrogen and oxygen atoms in total. The zero-order valence-corrected chi connectivity index (χ0v) is 16.6. The normalized spacial score (nSPS) is 24.3. The molecule has 2 aliphatic rings. The van der Waals surface area contributed by atoms with Crippen LogP contribution in [0.1, 0.15) is 29.0 Å². The maximum absolute atomic E-state index is 5.69. The monoisotopic (exact) mass is 373 g/mol. The third-order valence-electron chi connectivity index (χ3n) is 6.16. The Labute approximate surface area is 162 Å². The second-order valence-electron chi connectivity index (χ2n) is 7.37. The first-order chi connectivity index (χ1) is 12.2. The standard InChI is InChI=1S/C22H27NO2.ClH/c1-23-14-19-16-11-12-21(24-2)22(25-3)18(16)10-9-17(19)20(23)13-15-7-5-4-6-8-15;/h4-8,11-12,17,19-20H,9-10,13-14H2,1-3H3;1H/t17?,19-,20-;/m1./s1. The van der Waals surface area contributed by atoms with Crippen LogP contribution in [-0.2, 0) is 12.8 Å². The first kappa shape index (κ1) is 19.1. The van der Waals surface area contributed by atoms with E-state index in [1.165, 1.54) is 23.1 Å². The van der Waals surface area contributed by atoms with E-state index in [1.54, 1.807) is 14.2 Å². The molecule has 1 heterocycles. The minimum atomic E-state index is 0. The molecule has 0 radical (unpaired) electrons. The number of ether oxygens (including phenoxy) is 2. The molecular weight excluding hydrogens is 346 g/mol. The van der Waals surface area contributed by atoms with Crippen molar-refractivity contribution < 1.29 is 9.47 Å². The van der Waals surface area contributed by atoms with Gasteiger partial charge in [0.05, 0.1) is 14.2 Å². The number of hydrogen-bond acceptors (Lipinski definition) is 3. The average Bonchev–Trinajstić information content (AvgIpc) is 2.97. The highest BCUT2D eigenvalue weighted by Gasteiger charge is 2.43. The minimum absolute atomic E-state index is 0. The number of rotatable bonds is 4. The van der Waals surface area contributed by atoms with Crippen LogP contribution in [0.15, 0.2) is 42.5 Å². The van der Waals surface area contributed by atoms with Crippen LogP contribution in [0.3, 0.4) is 0 Å². The Morgan fingerprint density at radius 1 is 1.04 bits per heavy atom. The van der Waals surface area contributed by atoms with E-state index in [-0.39, 0.29) is 12.4 Å². The highest BCUT2D eigenvalue weighted by atomic mass is 35.5. The molecule has 0 aromatic heterocycles. The molecule has 4 rings (SSSR count). The second-order valence-corrected chi connectivity index (χ2v) is 7.37. The third-order valence-corrected chi connectivity index (χ3v) is 6.16. The van der Waals surface area contributed by atoms with Crippen molar-refractivity contribution in [2.45, 2.75) is 31.2 Å². The van der Waals surface area contributed by atoms with Crippen molar-refractivity contribution in [3.63, 3.8) is 0 Å². The van der Waals surface area contributed by atoms with E-state index in [4.69, 9.17) is 9.47 Å². The minimum Gasteiger partial charge on any atom is -0.493 e. The summed E-state index contributed by atoms with van der Waals surface area (Å²) in [5.74, 6) is 3.11. The van der Waals surface area contributed by atoms with Gasteiger partial charge in [-0.05, 0) is 49.4 Å². The Bertz CT molecular complexity index is 749. The molecule has 0 spiro atoms. The molecule has 1 unspecified atom stereocenters. The first-order valence-electron chi connectivity index (χ1n) is 9.20. The summed E-state index contributed by atoms with van der Waals surface area (Å²) in [5.41, 5.74) is 4.27. The summed E-state index contributed by atoms with van der Waals surface area (Å²) < 4.78 is 11.2. The highest BCUT2D eigenvalue weighted by Crippen LogP contribution is 2.49. The van der Waals surface area contributed by atoms with Gasteiger partial charge in [-0.3, -0.25) is 0 Å². The summed E-state index contributed by atoms with van der Waals surface area (Å²) in [6.45, 7) is 1.13. The van der Waals surface area contributed by atoms with Gasteiger partial charge in [-0.2, -0.15) is 0 Å². The number of benzene rings is 2. The molecule has 1 aliphatic heterocycles. The molecule has 2 aromatic carbocycles. The van der Waals surface area contributed by atoms with Gasteiger partial charge in [0.1, 0.15) is 0 Å². The molecule has 140 valence electrons. The summed E-state index contributed by atoms with van der Waals surface area (Å²) in [6, 6.07) is 15.9. The maximum atomic E-state index is 5.69. The predicted molar refractivity (Wildman–Crippen MR) is 108 cm³/mol. The summed E-state index contributed by atoms with van der Waals surface area (Å²) in [7, 11) is 5.75. The van der Waals surface area contributed by atoms with Crippen molar-refractivity contribution in [2.75, 3.05) is 27.8 Å². The van der Waals surface area contributed by atoms with Crippen LogP contribution in [0.5, 0.6) is 11.5 Å². The highest BCUT2D eigenvalue weighted by molar-refractivity contribution is 5.85. The molecule has 0 bridgehead atoms. The number of fused-ring (bicyclic) bond motifs is 3. The lowest BCUT2D eigenvalue weighted by atomic mass is 9.73. The quantitative estimate of drug-likeness (QED) is 0.796. The molecule has 2 aromatic rings. The largest absolute Gasteiger partial charge is 0.493 e. The molecule has 1 saturated heterocycles. The second kappa shape index (κ2) is 7.89. The molecule has 4 heteroatoms. The lowest BCUT2D eigenvalue weighted by Gasteiger charge is -2.32.